The van der Waals surface area contributed by atoms with Crippen molar-refractivity contribution in [2.45, 2.75) is 95.4 Å². The van der Waals surface area contributed by atoms with Crippen molar-refractivity contribution < 1.29 is 26.3 Å². The summed E-state index contributed by atoms with van der Waals surface area (Å²) in [5.41, 5.74) is 25.4. The molecule has 90 heavy (non-hydrogen) atoms. The maximum absolute atomic E-state index is 14.8. The van der Waals surface area contributed by atoms with E-state index in [0.29, 0.717) is 28.1 Å². The first kappa shape index (κ1) is 59.1. The van der Waals surface area contributed by atoms with Gasteiger partial charge in [0.2, 0.25) is 0 Å². The average molecular weight is 1190 g/mol. The molecule has 13 aromatic rings. The standard InChI is InChI=1S/C81H65F6N3/c1-43-25-47(5)76(48(6)26-43)57-15-21-70-66(36-57)67-37-58(77-49(7)27-44(2)28-50(77)8)16-22-71(67)89(70)74-33-55(42-88)13-19-64(74)65-20-14-56(61-34-62(80(82,83)84)41-63(35-61)81(85,86)87)40-75(65)90-72-23-17-59(78-51(9)29-45(3)30-52(78)10)38-68(72)69-39-60(18-24-73(69)90)79-53(11)31-46(4)32-54(79)12/h13-41H,1-12H3. The van der Waals surface area contributed by atoms with Crippen LogP contribution in [0.4, 0.5) is 26.3 Å². The van der Waals surface area contributed by atoms with Crippen molar-refractivity contribution in [2.24, 2.45) is 0 Å². The Hall–Kier alpha value is -9.91. The predicted octanol–water partition coefficient (Wildman–Crippen LogP) is 23.5. The minimum Gasteiger partial charge on any atom is -0.309 e. The molecule has 0 unspecified atom stereocenters. The number of nitriles is 1. The predicted molar refractivity (Wildman–Crippen MR) is 359 cm³/mol. The van der Waals surface area contributed by atoms with Crippen LogP contribution in [0, 0.1) is 94.4 Å². The summed E-state index contributed by atoms with van der Waals surface area (Å²) in [4.78, 5) is 0. The van der Waals surface area contributed by atoms with E-state index >= 15 is 0 Å². The monoisotopic (exact) mass is 1190 g/mol. The second-order valence-corrected chi connectivity index (χ2v) is 25.1. The Morgan fingerprint density at radius 2 is 0.567 bits per heavy atom. The lowest BCUT2D eigenvalue weighted by molar-refractivity contribution is -0.143. The molecule has 0 aliphatic rings. The second-order valence-electron chi connectivity index (χ2n) is 25.1. The van der Waals surface area contributed by atoms with Gasteiger partial charge in [-0.2, -0.15) is 31.6 Å². The SMILES string of the molecule is Cc1cc(C)c(-c2ccc3c(c2)c2cc(-c4c(C)cc(C)cc4C)ccc2n3-c2cc(C#N)ccc2-c2ccc(-c3cc(C(F)(F)F)cc(C(F)(F)F)c3)cc2-n2c3ccc(-c4c(C)cc(C)cc4C)cc3c3cc(-c4c(C)cc(C)cc4C)ccc32)c(C)c1. The summed E-state index contributed by atoms with van der Waals surface area (Å²) < 4.78 is 93.2. The molecule has 0 spiro atoms. The molecule has 2 aromatic heterocycles. The van der Waals surface area contributed by atoms with Gasteiger partial charge in [0.25, 0.3) is 0 Å². The minimum absolute atomic E-state index is 0.140. The molecule has 0 amide bonds. The van der Waals surface area contributed by atoms with Gasteiger partial charge in [0.1, 0.15) is 0 Å². The number of aryl methyl sites for hydroxylation is 12. The zero-order valence-electron chi connectivity index (χ0n) is 52.4. The van der Waals surface area contributed by atoms with E-state index in [2.05, 4.69) is 220 Å². The highest BCUT2D eigenvalue weighted by atomic mass is 19.4. The Kier molecular flexibility index (Phi) is 14.2. The first-order valence-electron chi connectivity index (χ1n) is 30.2. The van der Waals surface area contributed by atoms with Gasteiger partial charge in [-0.05, 0) is 268 Å². The number of hydrogen-bond donors (Lipinski definition) is 0. The van der Waals surface area contributed by atoms with Gasteiger partial charge in [0.15, 0.2) is 0 Å². The summed E-state index contributed by atoms with van der Waals surface area (Å²) in [5, 5.41) is 14.6. The number of benzene rings is 11. The number of hydrogen-bond acceptors (Lipinski definition) is 1. The van der Waals surface area contributed by atoms with Crippen molar-refractivity contribution in [1.29, 1.82) is 5.26 Å². The molecule has 3 nitrogen and oxygen atoms in total. The van der Waals surface area contributed by atoms with Crippen LogP contribution in [0.3, 0.4) is 0 Å². The molecular weight excluding hydrogens is 1130 g/mol. The van der Waals surface area contributed by atoms with Crippen LogP contribution in [0.25, 0.3) is 122 Å². The van der Waals surface area contributed by atoms with Gasteiger partial charge in [-0.15, -0.1) is 0 Å². The third-order valence-corrected chi connectivity index (χ3v) is 18.2. The Morgan fingerprint density at radius 3 is 0.856 bits per heavy atom. The Balaban J connectivity index is 1.15. The molecule has 0 aliphatic heterocycles. The molecule has 2 heterocycles. The number of aromatic nitrogens is 2. The fraction of sp³-hybridized carbons (Fsp3) is 0.173. The topological polar surface area (TPSA) is 33.6 Å². The molecule has 11 aromatic carbocycles. The smallest absolute Gasteiger partial charge is 0.309 e. The van der Waals surface area contributed by atoms with Crippen LogP contribution in [-0.4, -0.2) is 9.13 Å². The van der Waals surface area contributed by atoms with Crippen molar-refractivity contribution in [2.75, 3.05) is 0 Å². The Morgan fingerprint density at radius 1 is 0.289 bits per heavy atom. The maximum Gasteiger partial charge on any atom is 0.416 e. The third kappa shape index (κ3) is 10.1. The van der Waals surface area contributed by atoms with Crippen LogP contribution < -0.4 is 0 Å². The van der Waals surface area contributed by atoms with Crippen LogP contribution >= 0.6 is 0 Å². The normalized spacial score (nSPS) is 12.1. The van der Waals surface area contributed by atoms with Crippen molar-refractivity contribution in [1.82, 2.24) is 9.13 Å². The van der Waals surface area contributed by atoms with Gasteiger partial charge in [0.05, 0.1) is 56.2 Å². The lowest BCUT2D eigenvalue weighted by Gasteiger charge is -2.21. The summed E-state index contributed by atoms with van der Waals surface area (Å²) in [6, 6.07) is 58.2. The highest BCUT2D eigenvalue weighted by molar-refractivity contribution is 6.14. The first-order valence-corrected chi connectivity index (χ1v) is 30.2. The maximum atomic E-state index is 14.8. The molecular formula is C81H65F6N3. The van der Waals surface area contributed by atoms with Crippen molar-refractivity contribution >= 4 is 43.6 Å². The average Bonchev–Trinajstić information content (AvgIpc) is 1.59. The zero-order chi connectivity index (χ0) is 63.7. The van der Waals surface area contributed by atoms with Crippen LogP contribution in [0.1, 0.15) is 83.5 Å². The van der Waals surface area contributed by atoms with Gasteiger partial charge >= 0.3 is 12.4 Å². The number of rotatable bonds is 8. The van der Waals surface area contributed by atoms with E-state index in [4.69, 9.17) is 0 Å². The van der Waals surface area contributed by atoms with E-state index < -0.39 is 23.5 Å². The Bertz CT molecular complexity index is 4890. The molecule has 446 valence electrons. The van der Waals surface area contributed by atoms with Crippen molar-refractivity contribution in [3.8, 4) is 84.2 Å². The summed E-state index contributed by atoms with van der Waals surface area (Å²) in [6.07, 6.45) is -10.2. The van der Waals surface area contributed by atoms with Crippen molar-refractivity contribution in [3.05, 3.63) is 259 Å². The second kappa shape index (κ2) is 21.7. The van der Waals surface area contributed by atoms with Crippen LogP contribution in [0.2, 0.25) is 0 Å². The van der Waals surface area contributed by atoms with Crippen molar-refractivity contribution in [3.63, 3.8) is 0 Å². The molecule has 0 bridgehead atoms. The zero-order valence-corrected chi connectivity index (χ0v) is 52.4. The highest BCUT2D eigenvalue weighted by Gasteiger charge is 2.37. The molecule has 0 fully saturated rings. The van der Waals surface area contributed by atoms with E-state index in [-0.39, 0.29) is 17.2 Å². The third-order valence-electron chi connectivity index (χ3n) is 18.2. The summed E-state index contributed by atoms with van der Waals surface area (Å²) in [7, 11) is 0. The lowest BCUT2D eigenvalue weighted by Crippen LogP contribution is -2.11. The van der Waals surface area contributed by atoms with E-state index in [1.165, 1.54) is 11.1 Å². The molecule has 0 aliphatic carbocycles. The van der Waals surface area contributed by atoms with Gasteiger partial charge in [-0.25, -0.2) is 0 Å². The molecule has 0 saturated heterocycles. The van der Waals surface area contributed by atoms with Gasteiger partial charge in [-0.1, -0.05) is 113 Å². The van der Waals surface area contributed by atoms with Gasteiger partial charge in [0, 0.05) is 32.7 Å². The van der Waals surface area contributed by atoms with E-state index in [1.807, 2.05) is 12.1 Å². The van der Waals surface area contributed by atoms with Gasteiger partial charge < -0.3 is 9.13 Å². The first-order chi connectivity index (χ1) is 42.7. The van der Waals surface area contributed by atoms with Crippen LogP contribution in [0.15, 0.2) is 176 Å². The number of alkyl halides is 6. The molecule has 0 atom stereocenters. The molecule has 0 saturated carbocycles. The summed E-state index contributed by atoms with van der Waals surface area (Å²) >= 11 is 0. The number of halogens is 6. The fourth-order valence-electron chi connectivity index (χ4n) is 15.0. The van der Waals surface area contributed by atoms with E-state index in [9.17, 15) is 31.6 Å². The molecule has 9 heteroatoms. The molecule has 13 rings (SSSR count). The van der Waals surface area contributed by atoms with Gasteiger partial charge in [-0.3, -0.25) is 0 Å². The van der Waals surface area contributed by atoms with E-state index in [0.717, 1.165) is 156 Å². The van der Waals surface area contributed by atoms with E-state index in [1.54, 1.807) is 24.3 Å². The number of nitrogens with zero attached hydrogens (tertiary/aromatic N) is 3. The minimum atomic E-state index is -5.08. The molecule has 0 N–H and O–H groups in total. The number of fused-ring (bicyclic) bond motifs is 6. The summed E-state index contributed by atoms with van der Waals surface area (Å²) in [5.74, 6) is 0. The largest absolute Gasteiger partial charge is 0.416 e. The lowest BCUT2D eigenvalue weighted by atomic mass is 9.91. The quantitative estimate of drug-likeness (QED) is 0.140. The molecule has 0 radical (unpaired) electrons. The van der Waals surface area contributed by atoms with Crippen LogP contribution in [-0.2, 0) is 12.4 Å². The highest BCUT2D eigenvalue weighted by Crippen LogP contribution is 2.48. The summed E-state index contributed by atoms with van der Waals surface area (Å²) in [6.45, 7) is 25.4. The Labute approximate surface area is 520 Å². The fourth-order valence-corrected chi connectivity index (χ4v) is 15.0. The van der Waals surface area contributed by atoms with Crippen LogP contribution in [0.5, 0.6) is 0 Å².